The highest BCUT2D eigenvalue weighted by Gasteiger charge is 2.29. The van der Waals surface area contributed by atoms with Gasteiger partial charge in [-0.2, -0.15) is 0 Å². The summed E-state index contributed by atoms with van der Waals surface area (Å²) in [6.45, 7) is 2.42. The first-order chi connectivity index (χ1) is 52.2. The van der Waals surface area contributed by atoms with Crippen molar-refractivity contribution >= 4 is 33.6 Å². The second-order valence-corrected chi connectivity index (χ2v) is 30.8. The summed E-state index contributed by atoms with van der Waals surface area (Å²) in [4.78, 5) is 58.8. The predicted octanol–water partition coefficient (Wildman–Crippen LogP) is 25.2. The third-order valence-corrected chi connectivity index (χ3v) is 19.4. The summed E-state index contributed by atoms with van der Waals surface area (Å²) in [6, 6.07) is 0. The Balaban J connectivity index is 4.51. The van der Waals surface area contributed by atoms with Crippen LogP contribution in [0, 0.1) is 0 Å². The smallest absolute Gasteiger partial charge is 0.463 e. The molecule has 0 aliphatic heterocycles. The highest BCUT2D eigenvalue weighted by Crippen LogP contribution is 2.45. The molecule has 0 heterocycles. The van der Waals surface area contributed by atoms with E-state index in [0.717, 1.165) is 167 Å². The molecular formula is C89H152O16P2. The summed E-state index contributed by atoms with van der Waals surface area (Å²) in [7, 11) is -9.81. The third kappa shape index (κ3) is 82.2. The fraction of sp³-hybridized carbons (Fsp3) is 0.697. The maximum absolute atomic E-state index is 13.0. The van der Waals surface area contributed by atoms with Crippen molar-refractivity contribution in [3.8, 4) is 0 Å². The van der Waals surface area contributed by atoms with E-state index < -0.39 is 91.5 Å². The molecule has 16 nitrogen and oxygen atoms in total. The lowest BCUT2D eigenvalue weighted by Crippen LogP contribution is -2.30. The molecule has 5 atom stereocenters. The minimum absolute atomic E-state index is 0.0812. The second kappa shape index (κ2) is 80.9. The Morgan fingerprint density at radius 2 is 0.495 bits per heavy atom. The molecular weight excluding hydrogens is 1390 g/mol. The van der Waals surface area contributed by atoms with Crippen LogP contribution in [0.25, 0.3) is 0 Å². The van der Waals surface area contributed by atoms with E-state index >= 15 is 0 Å². The average Bonchev–Trinajstić information content (AvgIpc) is 0.934. The van der Waals surface area contributed by atoms with Crippen molar-refractivity contribution < 1.29 is 75.8 Å². The minimum atomic E-state index is -4.94. The van der Waals surface area contributed by atoms with Gasteiger partial charge in [-0.25, -0.2) is 9.13 Å². The maximum Gasteiger partial charge on any atom is 0.472 e. The number of aliphatic hydroxyl groups is 2. The van der Waals surface area contributed by atoms with Crippen LogP contribution in [0.5, 0.6) is 0 Å². The molecule has 18 heteroatoms. The van der Waals surface area contributed by atoms with Crippen molar-refractivity contribution in [1.29, 1.82) is 0 Å². The lowest BCUT2D eigenvalue weighted by atomic mass is 10.0. The van der Waals surface area contributed by atoms with Gasteiger partial charge in [-0.3, -0.25) is 32.5 Å². The van der Waals surface area contributed by atoms with Crippen molar-refractivity contribution in [1.82, 2.24) is 0 Å². The van der Waals surface area contributed by atoms with Crippen LogP contribution < -0.4 is 0 Å². The molecule has 0 amide bonds. The lowest BCUT2D eigenvalue weighted by Gasteiger charge is -2.21. The first-order valence-electron chi connectivity index (χ1n) is 42.1. The first-order valence-corrected chi connectivity index (χ1v) is 45.1. The van der Waals surface area contributed by atoms with Gasteiger partial charge in [0.25, 0.3) is 0 Å². The van der Waals surface area contributed by atoms with Crippen LogP contribution in [0.2, 0.25) is 0 Å². The van der Waals surface area contributed by atoms with Crippen LogP contribution in [0.4, 0.5) is 0 Å². The Morgan fingerprint density at radius 3 is 0.785 bits per heavy atom. The molecule has 0 saturated heterocycles. The largest absolute Gasteiger partial charge is 0.472 e. The monoisotopic (exact) mass is 1540 g/mol. The SMILES string of the molecule is CC/C=C\C/C=C\C/C=C\C/C=C\CCCCCCCCC(=O)OCC(COP(=O)(O)OCC(O)COP(=O)(O)OCC(O)COC(=O)CCCCCCCCCCCCCCCCCCC/C=C\C/C=C\C/C=C\C/C=C\CCCCC)OC(=O)CCCCCCCC/C=C\C/C=C\C/C=C\C/C=C\CC. The third-order valence-electron chi connectivity index (χ3n) is 17.5. The van der Waals surface area contributed by atoms with E-state index in [1.54, 1.807) is 0 Å². The summed E-state index contributed by atoms with van der Waals surface area (Å²) in [5, 5.41) is 20.7. The molecule has 107 heavy (non-hydrogen) atoms. The molecule has 0 aromatic rings. The Kier molecular flexibility index (Phi) is 77.5. The van der Waals surface area contributed by atoms with Crippen LogP contribution in [0.15, 0.2) is 146 Å². The quantitative estimate of drug-likeness (QED) is 0.0146. The molecule has 0 bridgehead atoms. The van der Waals surface area contributed by atoms with Crippen LogP contribution in [-0.2, 0) is 55.8 Å². The van der Waals surface area contributed by atoms with Gasteiger partial charge in [0.1, 0.15) is 25.4 Å². The Bertz CT molecular complexity index is 2530. The molecule has 0 aliphatic carbocycles. The summed E-state index contributed by atoms with van der Waals surface area (Å²) in [6.07, 6.45) is 100. The number of esters is 3. The van der Waals surface area contributed by atoms with Crippen molar-refractivity contribution in [2.45, 2.75) is 360 Å². The zero-order valence-electron chi connectivity index (χ0n) is 67.3. The van der Waals surface area contributed by atoms with E-state index in [4.69, 9.17) is 32.3 Å². The first kappa shape index (κ1) is 102. The van der Waals surface area contributed by atoms with Crippen molar-refractivity contribution in [2.24, 2.45) is 0 Å². The van der Waals surface area contributed by atoms with Crippen molar-refractivity contribution in [3.05, 3.63) is 146 Å². The molecule has 0 fully saturated rings. The average molecular weight is 1540 g/mol. The number of allylic oxidation sites excluding steroid dienone is 24. The molecule has 0 aromatic carbocycles. The van der Waals surface area contributed by atoms with Gasteiger partial charge in [0, 0.05) is 19.3 Å². The summed E-state index contributed by atoms with van der Waals surface area (Å²) < 4.78 is 61.2. The molecule has 0 aromatic heterocycles. The Morgan fingerprint density at radius 1 is 0.271 bits per heavy atom. The molecule has 0 aliphatic rings. The number of rotatable bonds is 79. The van der Waals surface area contributed by atoms with E-state index in [2.05, 4.69) is 167 Å². The Hall–Kier alpha value is -4.57. The van der Waals surface area contributed by atoms with Gasteiger partial charge in [0.2, 0.25) is 0 Å². The fourth-order valence-electron chi connectivity index (χ4n) is 11.2. The fourth-order valence-corrected chi connectivity index (χ4v) is 12.8. The van der Waals surface area contributed by atoms with Crippen molar-refractivity contribution in [3.63, 3.8) is 0 Å². The van der Waals surface area contributed by atoms with E-state index in [1.165, 1.54) is 116 Å². The number of hydrogen-bond acceptors (Lipinski definition) is 14. The number of phosphoric acid groups is 2. The van der Waals surface area contributed by atoms with Gasteiger partial charge in [0.15, 0.2) is 6.10 Å². The van der Waals surface area contributed by atoms with Crippen LogP contribution in [0.3, 0.4) is 0 Å². The summed E-state index contributed by atoms with van der Waals surface area (Å²) in [5.74, 6) is -1.60. The standard InChI is InChI=1S/C89H152O16P2/c1-4-7-10-13-16-19-22-25-28-31-34-35-36-37-38-39-40-41-42-43-44-45-46-47-50-52-54-57-60-63-66-69-72-75-87(92)99-78-84(90)79-101-106(95,96)102-80-85(91)81-103-107(97,98)104-83-86(105-89(94)77-74-71-68-65-62-59-56-53-49-33-30-27-24-21-18-15-12-9-6-3)82-100-88(93)76-73-70-67-64-61-58-55-51-48-32-29-26-23-20-17-14-11-8-5-2/h8-9,11-12,16-21,25-30,34-35,37-38,48-49,51,53,84-86,90-91H,4-7,10,13-15,22-24,31-33,36,39-47,50,52,54-83H2,1-3H3,(H,95,96)(H,97,98)/b11-8-,12-9-,19-16-,20-17-,21-18-,28-25-,29-26-,30-27-,35-34-,38-37-,51-48-,53-49-. The molecule has 5 unspecified atom stereocenters. The van der Waals surface area contributed by atoms with Gasteiger partial charge in [-0.05, 0) is 141 Å². The number of phosphoric ester groups is 2. The zero-order valence-corrected chi connectivity index (χ0v) is 69.1. The van der Waals surface area contributed by atoms with Crippen LogP contribution >= 0.6 is 15.6 Å². The Labute approximate surface area is 651 Å². The summed E-state index contributed by atoms with van der Waals surface area (Å²) >= 11 is 0. The maximum atomic E-state index is 13.0. The highest BCUT2D eigenvalue weighted by atomic mass is 31.2. The number of ether oxygens (including phenoxy) is 3. The number of carbonyl (C=O) groups is 3. The molecule has 4 N–H and O–H groups in total. The number of hydrogen-bond donors (Lipinski definition) is 4. The van der Waals surface area contributed by atoms with Gasteiger partial charge in [-0.1, -0.05) is 327 Å². The topological polar surface area (TPSA) is 231 Å². The van der Waals surface area contributed by atoms with Gasteiger partial charge in [-0.15, -0.1) is 0 Å². The van der Waals surface area contributed by atoms with Crippen LogP contribution in [0.1, 0.15) is 342 Å². The zero-order chi connectivity index (χ0) is 78.0. The number of carbonyl (C=O) groups excluding carboxylic acids is 3. The van der Waals surface area contributed by atoms with Crippen LogP contribution in [-0.4, -0.2) is 95.9 Å². The van der Waals surface area contributed by atoms with Gasteiger partial charge in [0.05, 0.1) is 26.4 Å². The van der Waals surface area contributed by atoms with Crippen molar-refractivity contribution in [2.75, 3.05) is 39.6 Å². The van der Waals surface area contributed by atoms with Gasteiger partial charge < -0.3 is 34.2 Å². The highest BCUT2D eigenvalue weighted by molar-refractivity contribution is 7.47. The molecule has 0 radical (unpaired) electrons. The van der Waals surface area contributed by atoms with E-state index in [1.807, 2.05) is 0 Å². The molecule has 614 valence electrons. The summed E-state index contributed by atoms with van der Waals surface area (Å²) in [5.41, 5.74) is 0. The number of unbranched alkanes of at least 4 members (excludes halogenated alkanes) is 32. The predicted molar refractivity (Wildman–Crippen MR) is 445 cm³/mol. The van der Waals surface area contributed by atoms with E-state index in [-0.39, 0.29) is 19.3 Å². The van der Waals surface area contributed by atoms with E-state index in [9.17, 15) is 43.5 Å². The molecule has 0 rings (SSSR count). The molecule has 0 spiro atoms. The second-order valence-electron chi connectivity index (χ2n) is 27.9. The van der Waals surface area contributed by atoms with Gasteiger partial charge >= 0.3 is 33.6 Å². The van der Waals surface area contributed by atoms with E-state index in [0.29, 0.717) is 19.3 Å². The number of aliphatic hydroxyl groups excluding tert-OH is 2. The molecule has 0 saturated carbocycles. The normalized spacial score (nSPS) is 14.6. The lowest BCUT2D eigenvalue weighted by molar-refractivity contribution is -0.161. The minimum Gasteiger partial charge on any atom is -0.463 e.